The maximum Gasteiger partial charge on any atom is 0.267 e. The highest BCUT2D eigenvalue weighted by Gasteiger charge is 2.12. The molecular weight excluding hydrogens is 218 g/mol. The number of hydrogen-bond donors (Lipinski definition) is 2. The number of pyridine rings is 1. The largest absolute Gasteiger partial charge is 0.396 e. The van der Waals surface area contributed by atoms with Gasteiger partial charge in [-0.05, 0) is 19.1 Å². The van der Waals surface area contributed by atoms with E-state index in [1.165, 1.54) is 6.07 Å². The number of primary amides is 1. The molecule has 0 saturated heterocycles. The first-order valence-electron chi connectivity index (χ1n) is 5.28. The molecule has 0 saturated carbocycles. The number of nitrogens with zero attached hydrogens (tertiary/aromatic N) is 3. The molecular formula is C11H15N5O. The Morgan fingerprint density at radius 3 is 2.82 bits per heavy atom. The van der Waals surface area contributed by atoms with Crippen LogP contribution in [0, 0.1) is 11.3 Å². The van der Waals surface area contributed by atoms with Gasteiger partial charge < -0.3 is 16.4 Å². The summed E-state index contributed by atoms with van der Waals surface area (Å²) >= 11 is 0. The summed E-state index contributed by atoms with van der Waals surface area (Å²) in [4.78, 5) is 17.0. The molecule has 0 aliphatic carbocycles. The van der Waals surface area contributed by atoms with Crippen molar-refractivity contribution in [1.82, 2.24) is 4.98 Å². The highest BCUT2D eigenvalue weighted by molar-refractivity contribution is 5.91. The molecule has 1 rings (SSSR count). The number of amides is 1. The molecule has 0 spiro atoms. The number of aromatic nitrogens is 1. The lowest BCUT2D eigenvalue weighted by atomic mass is 10.3. The van der Waals surface area contributed by atoms with E-state index >= 15 is 0 Å². The van der Waals surface area contributed by atoms with Crippen LogP contribution in [-0.4, -0.2) is 24.0 Å². The lowest BCUT2D eigenvalue weighted by molar-refractivity contribution is 0.0995. The van der Waals surface area contributed by atoms with Crippen LogP contribution in [0.15, 0.2) is 12.1 Å². The van der Waals surface area contributed by atoms with Gasteiger partial charge in [0.25, 0.3) is 5.91 Å². The molecule has 90 valence electrons. The first-order chi connectivity index (χ1) is 8.10. The maximum atomic E-state index is 11.0. The summed E-state index contributed by atoms with van der Waals surface area (Å²) in [7, 11) is 0. The molecule has 1 heterocycles. The van der Waals surface area contributed by atoms with E-state index in [0.717, 1.165) is 0 Å². The Hall–Kier alpha value is -2.29. The molecule has 0 aliphatic rings. The molecule has 0 aromatic carbocycles. The predicted octanol–water partition coefficient (Wildman–Crippen LogP) is 0.503. The minimum absolute atomic E-state index is 0.171. The molecule has 0 aliphatic heterocycles. The molecule has 4 N–H and O–H groups in total. The Labute approximate surface area is 99.8 Å². The van der Waals surface area contributed by atoms with E-state index in [4.69, 9.17) is 16.7 Å². The van der Waals surface area contributed by atoms with Crippen molar-refractivity contribution < 1.29 is 4.79 Å². The number of anilines is 2. The third-order valence-electron chi connectivity index (χ3n) is 2.33. The summed E-state index contributed by atoms with van der Waals surface area (Å²) in [6.07, 6.45) is 0.371. The summed E-state index contributed by atoms with van der Waals surface area (Å²) in [5.41, 5.74) is 11.6. The van der Waals surface area contributed by atoms with Crippen molar-refractivity contribution in [2.24, 2.45) is 5.73 Å². The van der Waals surface area contributed by atoms with E-state index in [1.807, 2.05) is 11.8 Å². The van der Waals surface area contributed by atoms with Crippen molar-refractivity contribution in [3.8, 4) is 6.07 Å². The van der Waals surface area contributed by atoms with Gasteiger partial charge in [0.2, 0.25) is 0 Å². The van der Waals surface area contributed by atoms with Crippen LogP contribution in [0.3, 0.4) is 0 Å². The SMILES string of the molecule is CCN(CCC#N)c1nc(C(N)=O)ccc1N. The van der Waals surface area contributed by atoms with Crippen molar-refractivity contribution in [2.45, 2.75) is 13.3 Å². The van der Waals surface area contributed by atoms with Crippen molar-refractivity contribution in [2.75, 3.05) is 23.7 Å². The zero-order chi connectivity index (χ0) is 12.8. The lowest BCUT2D eigenvalue weighted by Crippen LogP contribution is -2.27. The number of nitriles is 1. The van der Waals surface area contributed by atoms with Crippen LogP contribution in [-0.2, 0) is 0 Å². The Kier molecular flexibility index (Phi) is 4.29. The molecule has 0 unspecified atom stereocenters. The van der Waals surface area contributed by atoms with Crippen LogP contribution in [0.2, 0.25) is 0 Å². The quantitative estimate of drug-likeness (QED) is 0.769. The monoisotopic (exact) mass is 233 g/mol. The molecule has 0 bridgehead atoms. The minimum atomic E-state index is -0.595. The minimum Gasteiger partial charge on any atom is -0.396 e. The van der Waals surface area contributed by atoms with E-state index in [0.29, 0.717) is 31.0 Å². The van der Waals surface area contributed by atoms with Crippen molar-refractivity contribution >= 4 is 17.4 Å². The average Bonchev–Trinajstić information content (AvgIpc) is 2.31. The molecule has 0 atom stereocenters. The zero-order valence-electron chi connectivity index (χ0n) is 9.68. The van der Waals surface area contributed by atoms with Crippen LogP contribution in [0.25, 0.3) is 0 Å². The molecule has 0 fully saturated rings. The molecule has 1 aromatic heterocycles. The lowest BCUT2D eigenvalue weighted by Gasteiger charge is -2.22. The second-order valence-electron chi connectivity index (χ2n) is 3.46. The van der Waals surface area contributed by atoms with Gasteiger partial charge in [0.05, 0.1) is 18.2 Å². The molecule has 0 radical (unpaired) electrons. The summed E-state index contributed by atoms with van der Waals surface area (Å²) in [5, 5.41) is 8.57. The fourth-order valence-electron chi connectivity index (χ4n) is 1.45. The normalized spacial score (nSPS) is 9.65. The van der Waals surface area contributed by atoms with Crippen LogP contribution < -0.4 is 16.4 Å². The average molecular weight is 233 g/mol. The number of nitrogens with two attached hydrogens (primary N) is 2. The first-order valence-corrected chi connectivity index (χ1v) is 5.28. The predicted molar refractivity (Wildman–Crippen MR) is 65.3 cm³/mol. The number of hydrogen-bond acceptors (Lipinski definition) is 5. The molecule has 17 heavy (non-hydrogen) atoms. The van der Waals surface area contributed by atoms with Gasteiger partial charge in [-0.3, -0.25) is 4.79 Å². The van der Waals surface area contributed by atoms with Gasteiger partial charge in [-0.15, -0.1) is 0 Å². The third-order valence-corrected chi connectivity index (χ3v) is 2.33. The fourth-order valence-corrected chi connectivity index (χ4v) is 1.45. The van der Waals surface area contributed by atoms with Crippen LogP contribution >= 0.6 is 0 Å². The van der Waals surface area contributed by atoms with Gasteiger partial charge in [-0.2, -0.15) is 5.26 Å². The number of nitrogen functional groups attached to an aromatic ring is 1. The molecule has 6 nitrogen and oxygen atoms in total. The van der Waals surface area contributed by atoms with Gasteiger partial charge in [0.1, 0.15) is 5.69 Å². The van der Waals surface area contributed by atoms with E-state index < -0.39 is 5.91 Å². The third kappa shape index (κ3) is 3.08. The van der Waals surface area contributed by atoms with Gasteiger partial charge in [0.15, 0.2) is 5.82 Å². The van der Waals surface area contributed by atoms with Crippen LogP contribution in [0.4, 0.5) is 11.5 Å². The van der Waals surface area contributed by atoms with Gasteiger partial charge in [0, 0.05) is 13.1 Å². The summed E-state index contributed by atoms with van der Waals surface area (Å²) in [5.74, 6) is -0.0957. The van der Waals surface area contributed by atoms with Crippen molar-refractivity contribution in [3.63, 3.8) is 0 Å². The first kappa shape index (κ1) is 12.8. The smallest absolute Gasteiger partial charge is 0.267 e. The van der Waals surface area contributed by atoms with Crippen LogP contribution in [0.5, 0.6) is 0 Å². The maximum absolute atomic E-state index is 11.0. The number of carbonyl (C=O) groups excluding carboxylic acids is 1. The Morgan fingerprint density at radius 1 is 1.59 bits per heavy atom. The second kappa shape index (κ2) is 5.70. The molecule has 1 amide bonds. The van der Waals surface area contributed by atoms with Gasteiger partial charge in [-0.25, -0.2) is 4.98 Å². The summed E-state index contributed by atoms with van der Waals surface area (Å²) in [6, 6.07) is 5.14. The van der Waals surface area contributed by atoms with Crippen molar-refractivity contribution in [1.29, 1.82) is 5.26 Å². The van der Waals surface area contributed by atoms with E-state index in [2.05, 4.69) is 11.1 Å². The zero-order valence-corrected chi connectivity index (χ0v) is 9.68. The standard InChI is InChI=1S/C11H15N5O/c1-2-16(7-3-6-12)11-8(13)4-5-9(15-11)10(14)17/h4-5H,2-3,7,13H2,1H3,(H2,14,17). The van der Waals surface area contributed by atoms with E-state index in [1.54, 1.807) is 6.07 Å². The highest BCUT2D eigenvalue weighted by atomic mass is 16.1. The van der Waals surface area contributed by atoms with Crippen molar-refractivity contribution in [3.05, 3.63) is 17.8 Å². The molecule has 1 aromatic rings. The van der Waals surface area contributed by atoms with E-state index in [-0.39, 0.29) is 5.69 Å². The van der Waals surface area contributed by atoms with Gasteiger partial charge >= 0.3 is 0 Å². The topological polar surface area (TPSA) is 109 Å². The van der Waals surface area contributed by atoms with Gasteiger partial charge in [-0.1, -0.05) is 0 Å². The fraction of sp³-hybridized carbons (Fsp3) is 0.364. The van der Waals surface area contributed by atoms with Crippen LogP contribution in [0.1, 0.15) is 23.8 Å². The Bertz CT molecular complexity index is 452. The molecule has 6 heteroatoms. The number of rotatable bonds is 5. The summed E-state index contributed by atoms with van der Waals surface area (Å²) < 4.78 is 0. The summed E-state index contributed by atoms with van der Waals surface area (Å²) in [6.45, 7) is 3.10. The number of carbonyl (C=O) groups is 1. The highest BCUT2D eigenvalue weighted by Crippen LogP contribution is 2.20. The second-order valence-corrected chi connectivity index (χ2v) is 3.46. The Balaban J connectivity index is 3.05. The Morgan fingerprint density at radius 2 is 2.29 bits per heavy atom. The van der Waals surface area contributed by atoms with E-state index in [9.17, 15) is 4.79 Å².